The number of furan rings is 1. The van der Waals surface area contributed by atoms with Crippen molar-refractivity contribution in [1.29, 1.82) is 0 Å². The summed E-state index contributed by atoms with van der Waals surface area (Å²) >= 11 is 2.06. The predicted octanol–water partition coefficient (Wildman–Crippen LogP) is 3.03. The van der Waals surface area contributed by atoms with Crippen LogP contribution in [-0.4, -0.2) is 18.7 Å². The van der Waals surface area contributed by atoms with Gasteiger partial charge in [0.25, 0.3) is 5.91 Å². The Morgan fingerprint density at radius 3 is 2.67 bits per heavy atom. The Morgan fingerprint density at radius 2 is 2.05 bits per heavy atom. The van der Waals surface area contributed by atoms with Crippen molar-refractivity contribution in [1.82, 2.24) is 5.43 Å². The van der Waals surface area contributed by atoms with E-state index in [9.17, 15) is 4.79 Å². The molecule has 0 spiro atoms. The molecule has 2 aromatic rings. The summed E-state index contributed by atoms with van der Waals surface area (Å²) in [5, 5.41) is 3.81. The molecule has 0 aliphatic heterocycles. The molecule has 1 amide bonds. The van der Waals surface area contributed by atoms with Crippen molar-refractivity contribution >= 4 is 34.7 Å². The van der Waals surface area contributed by atoms with Crippen LogP contribution in [0.3, 0.4) is 0 Å². The van der Waals surface area contributed by atoms with Crippen molar-refractivity contribution in [3.63, 3.8) is 0 Å². The number of nitrogens with one attached hydrogen (secondary N) is 1. The first-order valence-corrected chi connectivity index (χ1v) is 7.40. The molecule has 0 atom stereocenters. The standard InChI is InChI=1S/C15H15IN2O3/c1-10-4-3-5-11(2)15(10)20-9-14(19)18-17-8-12-6-7-13(16)21-12/h3-8H,9H2,1-2H3,(H,18,19)/b17-8+. The number of ether oxygens (including phenoxy) is 1. The minimum Gasteiger partial charge on any atom is -0.483 e. The van der Waals surface area contributed by atoms with Crippen molar-refractivity contribution in [2.24, 2.45) is 5.10 Å². The second-order valence-corrected chi connectivity index (χ2v) is 5.51. The third kappa shape index (κ3) is 4.59. The lowest BCUT2D eigenvalue weighted by Gasteiger charge is -2.10. The lowest BCUT2D eigenvalue weighted by atomic mass is 10.1. The van der Waals surface area contributed by atoms with Crippen molar-refractivity contribution in [2.75, 3.05) is 6.61 Å². The number of carbonyl (C=O) groups is 1. The normalized spacial score (nSPS) is 10.8. The zero-order valence-electron chi connectivity index (χ0n) is 11.7. The minimum atomic E-state index is -0.324. The maximum absolute atomic E-state index is 11.7. The Labute approximate surface area is 136 Å². The highest BCUT2D eigenvalue weighted by Gasteiger charge is 2.06. The molecule has 21 heavy (non-hydrogen) atoms. The lowest BCUT2D eigenvalue weighted by molar-refractivity contribution is -0.123. The molecular weight excluding hydrogens is 383 g/mol. The van der Waals surface area contributed by atoms with Crippen LogP contribution in [0, 0.1) is 17.6 Å². The van der Waals surface area contributed by atoms with Gasteiger partial charge in [0.2, 0.25) is 0 Å². The second kappa shape index (κ2) is 7.26. The van der Waals surface area contributed by atoms with Crippen LogP contribution in [0.4, 0.5) is 0 Å². The SMILES string of the molecule is Cc1cccc(C)c1OCC(=O)N/N=C/c1ccc(I)o1. The van der Waals surface area contributed by atoms with E-state index < -0.39 is 0 Å². The number of benzene rings is 1. The molecule has 6 heteroatoms. The van der Waals surface area contributed by atoms with E-state index in [2.05, 4.69) is 33.1 Å². The van der Waals surface area contributed by atoms with Gasteiger partial charge in [-0.15, -0.1) is 0 Å². The Morgan fingerprint density at radius 1 is 1.33 bits per heavy atom. The molecule has 1 N–H and O–H groups in total. The molecule has 0 fully saturated rings. The molecule has 1 aromatic carbocycles. The van der Waals surface area contributed by atoms with Crippen molar-refractivity contribution in [3.05, 3.63) is 51.0 Å². The summed E-state index contributed by atoms with van der Waals surface area (Å²) in [6.07, 6.45) is 1.44. The van der Waals surface area contributed by atoms with Gasteiger partial charge in [-0.1, -0.05) is 18.2 Å². The molecule has 0 saturated carbocycles. The number of hydrogen-bond donors (Lipinski definition) is 1. The number of aryl methyl sites for hydroxylation is 2. The zero-order chi connectivity index (χ0) is 15.2. The van der Waals surface area contributed by atoms with Gasteiger partial charge in [0.1, 0.15) is 11.5 Å². The number of para-hydroxylation sites is 1. The lowest BCUT2D eigenvalue weighted by Crippen LogP contribution is -2.24. The molecule has 2 rings (SSSR count). The fourth-order valence-electron chi connectivity index (χ4n) is 1.76. The molecule has 1 heterocycles. The van der Waals surface area contributed by atoms with Crippen molar-refractivity contribution < 1.29 is 13.9 Å². The van der Waals surface area contributed by atoms with Crippen LogP contribution in [0.15, 0.2) is 39.9 Å². The third-order valence-corrected chi connectivity index (χ3v) is 3.31. The number of hydrazone groups is 1. The molecule has 0 aliphatic carbocycles. The van der Waals surface area contributed by atoms with Crippen LogP contribution in [0.1, 0.15) is 16.9 Å². The van der Waals surface area contributed by atoms with Gasteiger partial charge >= 0.3 is 0 Å². The van der Waals surface area contributed by atoms with E-state index >= 15 is 0 Å². The largest absolute Gasteiger partial charge is 0.483 e. The topological polar surface area (TPSA) is 63.8 Å². The van der Waals surface area contributed by atoms with Crippen LogP contribution in [0.5, 0.6) is 5.75 Å². The molecule has 110 valence electrons. The van der Waals surface area contributed by atoms with Gasteiger partial charge in [-0.3, -0.25) is 4.79 Å². The van der Waals surface area contributed by atoms with Crippen LogP contribution in [0.25, 0.3) is 0 Å². The summed E-state index contributed by atoms with van der Waals surface area (Å²) in [6.45, 7) is 3.80. The molecule has 5 nitrogen and oxygen atoms in total. The summed E-state index contributed by atoms with van der Waals surface area (Å²) in [6, 6.07) is 9.42. The van der Waals surface area contributed by atoms with Gasteiger partial charge in [-0.05, 0) is 59.7 Å². The number of halogens is 1. The number of amides is 1. The highest BCUT2D eigenvalue weighted by molar-refractivity contribution is 14.1. The summed E-state index contributed by atoms with van der Waals surface area (Å²) < 4.78 is 11.6. The van der Waals surface area contributed by atoms with E-state index in [1.165, 1.54) is 6.21 Å². The highest BCUT2D eigenvalue weighted by atomic mass is 127. The second-order valence-electron chi connectivity index (χ2n) is 4.44. The number of nitrogens with zero attached hydrogens (tertiary/aromatic N) is 1. The van der Waals surface area contributed by atoms with E-state index in [1.807, 2.05) is 38.1 Å². The van der Waals surface area contributed by atoms with Gasteiger partial charge in [-0.2, -0.15) is 5.10 Å². The van der Waals surface area contributed by atoms with E-state index in [4.69, 9.17) is 9.15 Å². The van der Waals surface area contributed by atoms with Gasteiger partial charge < -0.3 is 9.15 Å². The quantitative estimate of drug-likeness (QED) is 0.479. The highest BCUT2D eigenvalue weighted by Crippen LogP contribution is 2.21. The van der Waals surface area contributed by atoms with E-state index in [-0.39, 0.29) is 12.5 Å². The summed E-state index contributed by atoms with van der Waals surface area (Å²) in [4.78, 5) is 11.7. The van der Waals surface area contributed by atoms with Crippen LogP contribution >= 0.6 is 22.6 Å². The Kier molecular flexibility index (Phi) is 5.38. The molecular formula is C15H15IN2O3. The Balaban J connectivity index is 1.84. The Hall–Kier alpha value is -1.83. The van der Waals surface area contributed by atoms with E-state index in [0.29, 0.717) is 5.76 Å². The number of rotatable bonds is 5. The average molecular weight is 398 g/mol. The van der Waals surface area contributed by atoms with Crippen molar-refractivity contribution in [3.8, 4) is 5.75 Å². The third-order valence-electron chi connectivity index (χ3n) is 2.73. The smallest absolute Gasteiger partial charge is 0.277 e. The summed E-state index contributed by atoms with van der Waals surface area (Å²) in [5.41, 5.74) is 4.39. The number of carbonyl (C=O) groups excluding carboxylic acids is 1. The fourth-order valence-corrected chi connectivity index (χ4v) is 2.20. The average Bonchev–Trinajstić information content (AvgIpc) is 2.84. The van der Waals surface area contributed by atoms with Crippen LogP contribution in [-0.2, 0) is 4.79 Å². The van der Waals surface area contributed by atoms with Crippen LogP contribution < -0.4 is 10.2 Å². The maximum Gasteiger partial charge on any atom is 0.277 e. The van der Waals surface area contributed by atoms with Gasteiger partial charge in [-0.25, -0.2) is 5.43 Å². The molecule has 0 bridgehead atoms. The predicted molar refractivity (Wildman–Crippen MR) is 88.6 cm³/mol. The monoisotopic (exact) mass is 398 g/mol. The fraction of sp³-hybridized carbons (Fsp3) is 0.200. The van der Waals surface area contributed by atoms with Gasteiger partial charge in [0, 0.05) is 0 Å². The van der Waals surface area contributed by atoms with Crippen LogP contribution in [0.2, 0.25) is 0 Å². The molecule has 0 saturated heterocycles. The molecule has 1 aromatic heterocycles. The van der Waals surface area contributed by atoms with Gasteiger partial charge in [0.05, 0.1) is 6.21 Å². The van der Waals surface area contributed by atoms with E-state index in [0.717, 1.165) is 20.6 Å². The molecule has 0 radical (unpaired) electrons. The van der Waals surface area contributed by atoms with E-state index in [1.54, 1.807) is 6.07 Å². The molecule has 0 unspecified atom stereocenters. The summed E-state index contributed by atoms with van der Waals surface area (Å²) in [7, 11) is 0. The maximum atomic E-state index is 11.7. The Bertz CT molecular complexity index is 644. The summed E-state index contributed by atoms with van der Waals surface area (Å²) in [5.74, 6) is 0.989. The number of hydrogen-bond acceptors (Lipinski definition) is 4. The minimum absolute atomic E-state index is 0.0846. The van der Waals surface area contributed by atoms with Gasteiger partial charge in [0.15, 0.2) is 10.4 Å². The first-order chi connectivity index (χ1) is 10.1. The molecule has 0 aliphatic rings. The first-order valence-electron chi connectivity index (χ1n) is 6.32. The zero-order valence-corrected chi connectivity index (χ0v) is 13.9. The first kappa shape index (κ1) is 15.6. The van der Waals surface area contributed by atoms with Crippen molar-refractivity contribution in [2.45, 2.75) is 13.8 Å².